The number of amides is 1. The Labute approximate surface area is 182 Å². The number of rotatable bonds is 9. The molecular weight excluding hydrogens is 424 g/mol. The summed E-state index contributed by atoms with van der Waals surface area (Å²) in [5, 5.41) is 3.61. The lowest BCUT2D eigenvalue weighted by Crippen LogP contribution is -2.28. The Bertz CT molecular complexity index is 1100. The third kappa shape index (κ3) is 6.04. The van der Waals surface area contributed by atoms with Gasteiger partial charge >= 0.3 is 6.61 Å². The summed E-state index contributed by atoms with van der Waals surface area (Å²) in [4.78, 5) is 29.9. The van der Waals surface area contributed by atoms with Gasteiger partial charge in [-0.15, -0.1) is 0 Å². The molecule has 0 fully saturated rings. The Morgan fingerprint density at radius 1 is 1.16 bits per heavy atom. The van der Waals surface area contributed by atoms with Crippen LogP contribution in [0.5, 0.6) is 5.75 Å². The number of para-hydroxylation sites is 1. The summed E-state index contributed by atoms with van der Waals surface area (Å²) in [6.45, 7) is 1.81. The molecule has 0 saturated carbocycles. The maximum Gasteiger partial charge on any atom is 0.387 e. The Morgan fingerprint density at radius 2 is 1.87 bits per heavy atom. The highest BCUT2D eigenvalue weighted by atomic mass is 32.2. The number of carbonyl (C=O) groups is 1. The second-order valence-electron chi connectivity index (χ2n) is 7.25. The molecule has 0 unspecified atom stereocenters. The molecule has 0 radical (unpaired) electrons. The van der Waals surface area contributed by atoms with E-state index in [0.717, 1.165) is 18.2 Å². The first-order valence-electron chi connectivity index (χ1n) is 9.81. The molecule has 0 spiro atoms. The molecule has 0 aliphatic carbocycles. The van der Waals surface area contributed by atoms with Crippen molar-refractivity contribution in [2.45, 2.75) is 32.0 Å². The third-order valence-electron chi connectivity index (χ3n) is 4.44. The largest absolute Gasteiger partial charge is 0.435 e. The zero-order chi connectivity index (χ0) is 22.4. The van der Waals surface area contributed by atoms with Gasteiger partial charge in [0.1, 0.15) is 5.75 Å². The number of halogens is 2. The van der Waals surface area contributed by atoms with Gasteiger partial charge in [0.2, 0.25) is 5.91 Å². The van der Waals surface area contributed by atoms with E-state index < -0.39 is 6.61 Å². The predicted octanol–water partition coefficient (Wildman–Crippen LogP) is 4.24. The van der Waals surface area contributed by atoms with Gasteiger partial charge < -0.3 is 10.1 Å². The molecule has 31 heavy (non-hydrogen) atoms. The summed E-state index contributed by atoms with van der Waals surface area (Å²) in [7, 11) is 0. The highest BCUT2D eigenvalue weighted by Crippen LogP contribution is 2.23. The van der Waals surface area contributed by atoms with Crippen molar-refractivity contribution in [3.63, 3.8) is 0 Å². The van der Waals surface area contributed by atoms with Crippen molar-refractivity contribution in [2.75, 3.05) is 12.3 Å². The zero-order valence-corrected chi connectivity index (χ0v) is 18.0. The summed E-state index contributed by atoms with van der Waals surface area (Å²) in [5.74, 6) is 0.409. The van der Waals surface area contributed by atoms with Gasteiger partial charge in [-0.05, 0) is 48.7 Å². The number of hydrogen-bond acceptors (Lipinski definition) is 5. The minimum Gasteiger partial charge on any atom is -0.435 e. The van der Waals surface area contributed by atoms with Gasteiger partial charge in [0.25, 0.3) is 5.56 Å². The van der Waals surface area contributed by atoms with E-state index in [2.05, 4.69) is 28.9 Å². The van der Waals surface area contributed by atoms with Crippen LogP contribution in [-0.2, 0) is 4.79 Å². The second-order valence-corrected chi connectivity index (χ2v) is 8.19. The number of aromatic nitrogens is 2. The van der Waals surface area contributed by atoms with Gasteiger partial charge in [-0.25, -0.2) is 4.98 Å². The van der Waals surface area contributed by atoms with E-state index >= 15 is 0 Å². The Hall–Kier alpha value is -2.94. The first-order valence-corrected chi connectivity index (χ1v) is 10.8. The monoisotopic (exact) mass is 447 g/mol. The van der Waals surface area contributed by atoms with Crippen molar-refractivity contribution >= 4 is 28.6 Å². The molecule has 0 aliphatic rings. The third-order valence-corrected chi connectivity index (χ3v) is 5.38. The number of benzene rings is 2. The van der Waals surface area contributed by atoms with Crippen LogP contribution in [0, 0.1) is 5.92 Å². The lowest BCUT2D eigenvalue weighted by atomic mass is 10.1. The van der Waals surface area contributed by atoms with E-state index in [1.54, 1.807) is 24.3 Å². The topological polar surface area (TPSA) is 73.2 Å². The van der Waals surface area contributed by atoms with Crippen LogP contribution in [0.3, 0.4) is 0 Å². The average Bonchev–Trinajstić information content (AvgIpc) is 2.72. The van der Waals surface area contributed by atoms with Crippen molar-refractivity contribution in [2.24, 2.45) is 5.92 Å². The van der Waals surface area contributed by atoms with Crippen LogP contribution in [-0.4, -0.2) is 34.4 Å². The quantitative estimate of drug-likeness (QED) is 0.392. The molecular formula is C22H23F2N3O3S. The Morgan fingerprint density at radius 3 is 2.55 bits per heavy atom. The van der Waals surface area contributed by atoms with Gasteiger partial charge in [0, 0.05) is 6.54 Å². The Kier molecular flexibility index (Phi) is 7.62. The van der Waals surface area contributed by atoms with Gasteiger partial charge in [-0.3, -0.25) is 14.2 Å². The first-order chi connectivity index (χ1) is 14.8. The summed E-state index contributed by atoms with van der Waals surface area (Å²) < 4.78 is 30.6. The summed E-state index contributed by atoms with van der Waals surface area (Å²) in [5.41, 5.74) is 0.646. The van der Waals surface area contributed by atoms with Crippen molar-refractivity contribution in [3.05, 3.63) is 58.9 Å². The van der Waals surface area contributed by atoms with Crippen LogP contribution in [0.1, 0.15) is 20.3 Å². The molecule has 0 saturated heterocycles. The number of ether oxygens (including phenoxy) is 1. The van der Waals surface area contributed by atoms with E-state index in [1.807, 2.05) is 0 Å². The van der Waals surface area contributed by atoms with E-state index in [9.17, 15) is 18.4 Å². The average molecular weight is 448 g/mol. The highest BCUT2D eigenvalue weighted by Gasteiger charge is 2.15. The number of hydrogen-bond donors (Lipinski definition) is 1. The standard InChI is InChI=1S/C22H23F2N3O3S/c1-14(2)11-12-25-19(28)13-31-22-26-18-6-4-3-5-17(18)20(29)27(22)15-7-9-16(10-8-15)30-21(23)24/h3-10,14,21H,11-13H2,1-2H3,(H,25,28). The Balaban J connectivity index is 1.91. The highest BCUT2D eigenvalue weighted by molar-refractivity contribution is 7.99. The first kappa shape index (κ1) is 22.7. The van der Waals surface area contributed by atoms with Gasteiger partial charge in [-0.1, -0.05) is 37.7 Å². The predicted molar refractivity (Wildman–Crippen MR) is 117 cm³/mol. The maximum atomic E-state index is 13.2. The van der Waals surface area contributed by atoms with Crippen LogP contribution >= 0.6 is 11.8 Å². The van der Waals surface area contributed by atoms with Crippen molar-refractivity contribution in [1.29, 1.82) is 0 Å². The number of nitrogens with one attached hydrogen (secondary N) is 1. The van der Waals surface area contributed by atoms with Crippen molar-refractivity contribution in [3.8, 4) is 11.4 Å². The van der Waals surface area contributed by atoms with E-state index in [0.29, 0.717) is 34.2 Å². The molecule has 9 heteroatoms. The van der Waals surface area contributed by atoms with E-state index in [-0.39, 0.29) is 23.0 Å². The number of alkyl halides is 2. The normalized spacial score (nSPS) is 11.3. The molecule has 1 heterocycles. The fraction of sp³-hybridized carbons (Fsp3) is 0.318. The number of nitrogens with zero attached hydrogens (tertiary/aromatic N) is 2. The number of thioether (sulfide) groups is 1. The number of fused-ring (bicyclic) bond motifs is 1. The van der Waals surface area contributed by atoms with Gasteiger partial charge in [0.15, 0.2) is 5.16 Å². The summed E-state index contributed by atoms with van der Waals surface area (Å²) in [6.07, 6.45) is 0.877. The molecule has 0 atom stereocenters. The fourth-order valence-electron chi connectivity index (χ4n) is 2.89. The molecule has 1 aromatic heterocycles. The van der Waals surface area contributed by atoms with Crippen molar-refractivity contribution in [1.82, 2.24) is 14.9 Å². The van der Waals surface area contributed by atoms with E-state index in [4.69, 9.17) is 0 Å². The molecule has 1 N–H and O–H groups in total. The van der Waals surface area contributed by atoms with Gasteiger partial charge in [0.05, 0.1) is 22.3 Å². The second kappa shape index (κ2) is 10.4. The molecule has 164 valence electrons. The molecule has 1 amide bonds. The molecule has 0 bridgehead atoms. The molecule has 0 aliphatic heterocycles. The SMILES string of the molecule is CC(C)CCNC(=O)CSc1nc2ccccc2c(=O)n1-c1ccc(OC(F)F)cc1. The lowest BCUT2D eigenvalue weighted by Gasteiger charge is -2.14. The van der Waals surface area contributed by atoms with Crippen LogP contribution in [0.2, 0.25) is 0 Å². The van der Waals surface area contributed by atoms with E-state index in [1.165, 1.54) is 28.8 Å². The van der Waals surface area contributed by atoms with Crippen molar-refractivity contribution < 1.29 is 18.3 Å². The lowest BCUT2D eigenvalue weighted by molar-refractivity contribution is -0.118. The minimum atomic E-state index is -2.93. The van der Waals surface area contributed by atoms with Crippen LogP contribution in [0.15, 0.2) is 58.5 Å². The number of carbonyl (C=O) groups excluding carboxylic acids is 1. The van der Waals surface area contributed by atoms with Crippen LogP contribution in [0.4, 0.5) is 8.78 Å². The minimum absolute atomic E-state index is 0.0146. The summed E-state index contributed by atoms with van der Waals surface area (Å²) >= 11 is 1.14. The molecule has 3 rings (SSSR count). The van der Waals surface area contributed by atoms with Crippen LogP contribution in [0.25, 0.3) is 16.6 Å². The fourth-order valence-corrected chi connectivity index (χ4v) is 3.74. The zero-order valence-electron chi connectivity index (χ0n) is 17.2. The molecule has 6 nitrogen and oxygen atoms in total. The van der Waals surface area contributed by atoms with Gasteiger partial charge in [-0.2, -0.15) is 8.78 Å². The van der Waals surface area contributed by atoms with Crippen LogP contribution < -0.4 is 15.6 Å². The summed E-state index contributed by atoms with van der Waals surface area (Å²) in [6, 6.07) is 12.6. The maximum absolute atomic E-state index is 13.2. The molecule has 3 aromatic rings. The smallest absolute Gasteiger partial charge is 0.387 e. The molecule has 2 aromatic carbocycles.